The zero-order valence-electron chi connectivity index (χ0n) is 8.02. The molecule has 0 aliphatic heterocycles. The molecule has 3 aromatic rings. The predicted molar refractivity (Wildman–Crippen MR) is 65.6 cm³/mol. The Hall–Kier alpha value is -1.26. The molecule has 0 saturated heterocycles. The minimum absolute atomic E-state index is 0.360. The third-order valence-electron chi connectivity index (χ3n) is 2.30. The molecule has 0 unspecified atom stereocenters. The lowest BCUT2D eigenvalue weighted by Gasteiger charge is -2.00. The van der Waals surface area contributed by atoms with E-state index >= 15 is 0 Å². The predicted octanol–water partition coefficient (Wildman–Crippen LogP) is 4.01. The fourth-order valence-corrected chi connectivity index (χ4v) is 2.29. The molecule has 0 aromatic carbocycles. The van der Waals surface area contributed by atoms with Crippen LogP contribution in [0, 0.1) is 0 Å². The Morgan fingerprint density at radius 3 is 2.88 bits per heavy atom. The third kappa shape index (κ3) is 1.45. The van der Waals surface area contributed by atoms with Gasteiger partial charge in [-0.05, 0) is 51.8 Å². The summed E-state index contributed by atoms with van der Waals surface area (Å²) in [6, 6.07) is 9.39. The molecule has 0 spiro atoms. The summed E-state index contributed by atoms with van der Waals surface area (Å²) in [5, 5.41) is 0.360. The Balaban J connectivity index is 2.32. The molecule has 0 N–H and O–H groups in total. The summed E-state index contributed by atoms with van der Waals surface area (Å²) < 4.78 is 8.23. The van der Waals surface area contributed by atoms with Gasteiger partial charge in [-0.25, -0.2) is 4.98 Å². The lowest BCUT2D eigenvalue weighted by Crippen LogP contribution is -1.89. The van der Waals surface area contributed by atoms with Gasteiger partial charge < -0.3 is 4.42 Å². The third-order valence-corrected chi connectivity index (χ3v) is 3.12. The SMILES string of the molecule is Clc1ccc(-c2ncc3cccc(Br)n23)o1. The number of furan rings is 1. The smallest absolute Gasteiger partial charge is 0.194 e. The van der Waals surface area contributed by atoms with Crippen LogP contribution in [0.15, 0.2) is 45.5 Å². The number of aromatic nitrogens is 2. The number of pyridine rings is 1. The number of rotatable bonds is 1. The molecule has 0 saturated carbocycles. The van der Waals surface area contributed by atoms with Crippen molar-refractivity contribution < 1.29 is 4.42 Å². The molecule has 80 valence electrons. The molecule has 0 atom stereocenters. The second-order valence-corrected chi connectivity index (χ2v) is 4.48. The minimum atomic E-state index is 0.360. The lowest BCUT2D eigenvalue weighted by atomic mass is 10.4. The highest BCUT2D eigenvalue weighted by Crippen LogP contribution is 2.27. The maximum atomic E-state index is 5.75. The molecular weight excluding hydrogens is 291 g/mol. The van der Waals surface area contributed by atoms with Gasteiger partial charge in [-0.3, -0.25) is 4.40 Å². The molecule has 0 radical (unpaired) electrons. The van der Waals surface area contributed by atoms with Crippen molar-refractivity contribution >= 4 is 33.0 Å². The average Bonchev–Trinajstić information content (AvgIpc) is 2.84. The summed E-state index contributed by atoms with van der Waals surface area (Å²) in [5.41, 5.74) is 0.997. The van der Waals surface area contributed by atoms with Crippen molar-refractivity contribution in [1.29, 1.82) is 0 Å². The van der Waals surface area contributed by atoms with Crippen molar-refractivity contribution in [2.24, 2.45) is 0 Å². The van der Waals surface area contributed by atoms with Gasteiger partial charge in [0, 0.05) is 0 Å². The van der Waals surface area contributed by atoms with Crippen LogP contribution in [0.5, 0.6) is 0 Å². The first kappa shape index (κ1) is 9.93. The number of hydrogen-bond acceptors (Lipinski definition) is 2. The van der Waals surface area contributed by atoms with E-state index in [-0.39, 0.29) is 0 Å². The van der Waals surface area contributed by atoms with Crippen LogP contribution in [0.3, 0.4) is 0 Å². The molecular formula is C11H6BrClN2O. The Morgan fingerprint density at radius 2 is 2.12 bits per heavy atom. The van der Waals surface area contributed by atoms with E-state index in [1.807, 2.05) is 22.6 Å². The standard InChI is InChI=1S/C11H6BrClN2O/c12-9-3-1-2-7-6-14-11(15(7)9)8-4-5-10(13)16-8/h1-6H. The van der Waals surface area contributed by atoms with Gasteiger partial charge in [0.1, 0.15) is 0 Å². The first-order chi connectivity index (χ1) is 7.75. The van der Waals surface area contributed by atoms with Crippen LogP contribution in [-0.4, -0.2) is 9.38 Å². The van der Waals surface area contributed by atoms with Crippen molar-refractivity contribution in [3.05, 3.63) is 46.4 Å². The van der Waals surface area contributed by atoms with Crippen LogP contribution in [0.4, 0.5) is 0 Å². The van der Waals surface area contributed by atoms with Gasteiger partial charge in [-0.15, -0.1) is 0 Å². The van der Waals surface area contributed by atoms with E-state index in [1.54, 1.807) is 18.3 Å². The summed E-state index contributed by atoms with van der Waals surface area (Å²) in [4.78, 5) is 4.32. The fraction of sp³-hybridized carbons (Fsp3) is 0. The van der Waals surface area contributed by atoms with Crippen molar-refractivity contribution in [2.75, 3.05) is 0 Å². The summed E-state index contributed by atoms with van der Waals surface area (Å²) in [5.74, 6) is 1.38. The van der Waals surface area contributed by atoms with Crippen LogP contribution < -0.4 is 0 Å². The van der Waals surface area contributed by atoms with Crippen molar-refractivity contribution in [1.82, 2.24) is 9.38 Å². The van der Waals surface area contributed by atoms with E-state index in [2.05, 4.69) is 20.9 Å². The summed E-state index contributed by atoms with van der Waals surface area (Å²) in [7, 11) is 0. The van der Waals surface area contributed by atoms with E-state index in [4.69, 9.17) is 16.0 Å². The Labute approximate surface area is 105 Å². The molecule has 0 amide bonds. The van der Waals surface area contributed by atoms with Gasteiger partial charge in [0.05, 0.1) is 16.3 Å². The van der Waals surface area contributed by atoms with Crippen molar-refractivity contribution in [2.45, 2.75) is 0 Å². The largest absolute Gasteiger partial charge is 0.441 e. The second kappa shape index (κ2) is 3.64. The molecule has 0 bridgehead atoms. The van der Waals surface area contributed by atoms with Gasteiger partial charge in [0.25, 0.3) is 0 Å². The molecule has 5 heteroatoms. The zero-order chi connectivity index (χ0) is 11.1. The first-order valence-corrected chi connectivity index (χ1v) is 5.80. The number of halogens is 2. The van der Waals surface area contributed by atoms with E-state index in [0.29, 0.717) is 11.0 Å². The Kier molecular flexibility index (Phi) is 2.26. The molecule has 3 heterocycles. The Bertz CT molecular complexity index is 659. The van der Waals surface area contributed by atoms with E-state index in [0.717, 1.165) is 15.9 Å². The van der Waals surface area contributed by atoms with Gasteiger partial charge in [-0.1, -0.05) is 6.07 Å². The van der Waals surface area contributed by atoms with Crippen molar-refractivity contribution in [3.8, 4) is 11.6 Å². The molecule has 3 rings (SSSR count). The minimum Gasteiger partial charge on any atom is -0.441 e. The maximum absolute atomic E-state index is 5.75. The van der Waals surface area contributed by atoms with Crippen LogP contribution >= 0.6 is 27.5 Å². The highest BCUT2D eigenvalue weighted by Gasteiger charge is 2.11. The summed E-state index contributed by atoms with van der Waals surface area (Å²) in [6.07, 6.45) is 1.79. The molecule has 3 nitrogen and oxygen atoms in total. The highest BCUT2D eigenvalue weighted by atomic mass is 79.9. The summed E-state index contributed by atoms with van der Waals surface area (Å²) in [6.45, 7) is 0. The van der Waals surface area contributed by atoms with Crippen LogP contribution in [0.25, 0.3) is 17.1 Å². The molecule has 0 aliphatic carbocycles. The quantitative estimate of drug-likeness (QED) is 0.635. The molecule has 3 aromatic heterocycles. The normalized spacial score (nSPS) is 11.1. The van der Waals surface area contributed by atoms with Crippen LogP contribution in [0.1, 0.15) is 0 Å². The van der Waals surface area contributed by atoms with Gasteiger partial charge >= 0.3 is 0 Å². The monoisotopic (exact) mass is 296 g/mol. The van der Waals surface area contributed by atoms with Gasteiger partial charge in [-0.2, -0.15) is 0 Å². The topological polar surface area (TPSA) is 30.4 Å². The summed E-state index contributed by atoms with van der Waals surface area (Å²) >= 11 is 9.23. The number of hydrogen-bond donors (Lipinski definition) is 0. The first-order valence-electron chi connectivity index (χ1n) is 4.63. The second-order valence-electron chi connectivity index (χ2n) is 3.29. The molecule has 0 fully saturated rings. The van der Waals surface area contributed by atoms with Crippen LogP contribution in [0.2, 0.25) is 5.22 Å². The van der Waals surface area contributed by atoms with Crippen LogP contribution in [-0.2, 0) is 0 Å². The van der Waals surface area contributed by atoms with Gasteiger partial charge in [0.15, 0.2) is 16.8 Å². The zero-order valence-corrected chi connectivity index (χ0v) is 10.4. The van der Waals surface area contributed by atoms with E-state index < -0.39 is 0 Å². The lowest BCUT2D eigenvalue weighted by molar-refractivity contribution is 0.579. The van der Waals surface area contributed by atoms with E-state index in [9.17, 15) is 0 Å². The highest BCUT2D eigenvalue weighted by molar-refractivity contribution is 9.10. The molecule has 16 heavy (non-hydrogen) atoms. The average molecular weight is 298 g/mol. The van der Waals surface area contributed by atoms with E-state index in [1.165, 1.54) is 0 Å². The number of fused-ring (bicyclic) bond motifs is 1. The van der Waals surface area contributed by atoms with Gasteiger partial charge in [0.2, 0.25) is 0 Å². The fourth-order valence-electron chi connectivity index (χ4n) is 1.62. The number of imidazole rings is 1. The Morgan fingerprint density at radius 1 is 1.25 bits per heavy atom. The maximum Gasteiger partial charge on any atom is 0.194 e. The number of nitrogens with zero attached hydrogens (tertiary/aromatic N) is 2. The van der Waals surface area contributed by atoms with Crippen molar-refractivity contribution in [3.63, 3.8) is 0 Å². The molecule has 0 aliphatic rings.